The van der Waals surface area contributed by atoms with Crippen molar-refractivity contribution in [1.82, 2.24) is 0 Å². The zero-order valence-corrected chi connectivity index (χ0v) is 14.9. The number of piperidine rings is 1. The van der Waals surface area contributed by atoms with Gasteiger partial charge in [-0.25, -0.2) is 0 Å². The lowest BCUT2D eigenvalue weighted by Crippen LogP contribution is -2.29. The summed E-state index contributed by atoms with van der Waals surface area (Å²) in [6.07, 6.45) is 5.41. The average molecular weight is 346 g/mol. The SMILES string of the molecule is COc1ccc(C(=O)/C(C#N)=C/c2ccc(N3CCCCC3)cc2)cc1. The second-order valence-electron chi connectivity index (χ2n) is 6.37. The molecule has 1 aliphatic heterocycles. The number of methoxy groups -OCH3 is 1. The highest BCUT2D eigenvalue weighted by Gasteiger charge is 2.13. The minimum Gasteiger partial charge on any atom is -0.497 e. The number of nitriles is 1. The van der Waals surface area contributed by atoms with Gasteiger partial charge in [0.15, 0.2) is 0 Å². The van der Waals surface area contributed by atoms with Crippen LogP contribution in [-0.4, -0.2) is 26.0 Å². The third kappa shape index (κ3) is 4.12. The molecule has 1 heterocycles. The fourth-order valence-corrected chi connectivity index (χ4v) is 3.15. The molecule has 4 nitrogen and oxygen atoms in total. The average Bonchev–Trinajstić information content (AvgIpc) is 2.72. The van der Waals surface area contributed by atoms with Gasteiger partial charge in [-0.2, -0.15) is 5.26 Å². The fourth-order valence-electron chi connectivity index (χ4n) is 3.15. The molecule has 0 aliphatic carbocycles. The predicted molar refractivity (Wildman–Crippen MR) is 103 cm³/mol. The second-order valence-corrected chi connectivity index (χ2v) is 6.37. The van der Waals surface area contributed by atoms with Crippen LogP contribution in [0.1, 0.15) is 35.2 Å². The normalized spacial score (nSPS) is 14.6. The number of Topliss-reactive ketones (excluding diaryl/α,β-unsaturated/α-hetero) is 1. The Morgan fingerprint density at radius 3 is 2.27 bits per heavy atom. The van der Waals surface area contributed by atoms with E-state index in [2.05, 4.69) is 17.0 Å². The minimum atomic E-state index is -0.282. The number of carbonyl (C=O) groups is 1. The highest BCUT2D eigenvalue weighted by atomic mass is 16.5. The van der Waals surface area contributed by atoms with Crippen molar-refractivity contribution in [2.75, 3.05) is 25.1 Å². The van der Waals surface area contributed by atoms with Crippen LogP contribution in [0.2, 0.25) is 0 Å². The van der Waals surface area contributed by atoms with Crippen molar-refractivity contribution in [2.24, 2.45) is 0 Å². The Balaban J connectivity index is 1.77. The summed E-state index contributed by atoms with van der Waals surface area (Å²) in [5.74, 6) is 0.396. The van der Waals surface area contributed by atoms with E-state index in [9.17, 15) is 10.1 Å². The predicted octanol–water partition coefficient (Wildman–Crippen LogP) is 4.48. The minimum absolute atomic E-state index is 0.126. The Morgan fingerprint density at radius 1 is 1.04 bits per heavy atom. The number of hydrogen-bond donors (Lipinski definition) is 0. The van der Waals surface area contributed by atoms with Crippen molar-refractivity contribution in [3.05, 3.63) is 65.2 Å². The summed E-state index contributed by atoms with van der Waals surface area (Å²) in [6, 6.07) is 16.8. The molecule has 132 valence electrons. The molecule has 0 unspecified atom stereocenters. The van der Waals surface area contributed by atoms with E-state index in [1.165, 1.54) is 24.9 Å². The molecule has 3 rings (SSSR count). The molecular formula is C22H22N2O2. The molecule has 0 radical (unpaired) electrons. The third-order valence-electron chi connectivity index (χ3n) is 4.64. The van der Waals surface area contributed by atoms with Gasteiger partial charge < -0.3 is 9.64 Å². The molecule has 1 aliphatic rings. The number of rotatable bonds is 5. The first kappa shape index (κ1) is 17.8. The Bertz CT molecular complexity index is 824. The molecule has 0 amide bonds. The van der Waals surface area contributed by atoms with E-state index in [4.69, 9.17) is 4.74 Å². The Kier molecular flexibility index (Phi) is 5.70. The molecule has 4 heteroatoms. The second kappa shape index (κ2) is 8.35. The number of nitrogens with zero attached hydrogens (tertiary/aromatic N) is 2. The van der Waals surface area contributed by atoms with E-state index in [0.717, 1.165) is 18.7 Å². The van der Waals surface area contributed by atoms with Gasteiger partial charge >= 0.3 is 0 Å². The quantitative estimate of drug-likeness (QED) is 0.455. The van der Waals surface area contributed by atoms with Crippen molar-refractivity contribution < 1.29 is 9.53 Å². The summed E-state index contributed by atoms with van der Waals surface area (Å²) >= 11 is 0. The lowest BCUT2D eigenvalue weighted by molar-refractivity contribution is 0.104. The van der Waals surface area contributed by atoms with Gasteiger partial charge in [0.1, 0.15) is 17.4 Å². The van der Waals surface area contributed by atoms with Crippen LogP contribution >= 0.6 is 0 Å². The van der Waals surface area contributed by atoms with Gasteiger partial charge in [0.2, 0.25) is 5.78 Å². The van der Waals surface area contributed by atoms with E-state index in [1.54, 1.807) is 37.5 Å². The maximum absolute atomic E-state index is 12.6. The fraction of sp³-hybridized carbons (Fsp3) is 0.273. The van der Waals surface area contributed by atoms with Gasteiger partial charge in [0.25, 0.3) is 0 Å². The van der Waals surface area contributed by atoms with Gasteiger partial charge in [0.05, 0.1) is 7.11 Å². The van der Waals surface area contributed by atoms with Crippen molar-refractivity contribution in [2.45, 2.75) is 19.3 Å². The van der Waals surface area contributed by atoms with Crippen molar-refractivity contribution in [3.8, 4) is 11.8 Å². The number of ether oxygens (including phenoxy) is 1. The molecule has 0 N–H and O–H groups in total. The molecule has 26 heavy (non-hydrogen) atoms. The molecular weight excluding hydrogens is 324 g/mol. The van der Waals surface area contributed by atoms with E-state index >= 15 is 0 Å². The van der Waals surface area contributed by atoms with Gasteiger partial charge in [-0.3, -0.25) is 4.79 Å². The van der Waals surface area contributed by atoms with E-state index < -0.39 is 0 Å². The standard InChI is InChI=1S/C22H22N2O2/c1-26-21-11-7-18(8-12-21)22(25)19(16-23)15-17-5-9-20(10-6-17)24-13-3-2-4-14-24/h5-12,15H,2-4,13-14H2,1H3/b19-15+. The Hall–Kier alpha value is -3.06. The number of allylic oxidation sites excluding steroid dienone is 1. The van der Waals surface area contributed by atoms with Gasteiger partial charge in [-0.15, -0.1) is 0 Å². The summed E-state index contributed by atoms with van der Waals surface area (Å²) in [6.45, 7) is 2.18. The van der Waals surface area contributed by atoms with Crippen LogP contribution in [0.4, 0.5) is 5.69 Å². The summed E-state index contributed by atoms with van der Waals surface area (Å²) in [5, 5.41) is 9.41. The highest BCUT2D eigenvalue weighted by Crippen LogP contribution is 2.22. The lowest BCUT2D eigenvalue weighted by atomic mass is 10.0. The monoisotopic (exact) mass is 346 g/mol. The van der Waals surface area contributed by atoms with Crippen LogP contribution in [0.15, 0.2) is 54.1 Å². The number of ketones is 1. The molecule has 0 spiro atoms. The molecule has 1 fully saturated rings. The zero-order valence-electron chi connectivity index (χ0n) is 14.9. The third-order valence-corrected chi connectivity index (χ3v) is 4.64. The van der Waals surface area contributed by atoms with Gasteiger partial charge in [0, 0.05) is 24.3 Å². The molecule has 2 aromatic rings. The molecule has 0 atom stereocenters. The maximum atomic E-state index is 12.6. The summed E-state index contributed by atoms with van der Waals surface area (Å²) in [7, 11) is 1.57. The lowest BCUT2D eigenvalue weighted by Gasteiger charge is -2.28. The molecule has 0 aromatic heterocycles. The van der Waals surface area contributed by atoms with E-state index in [1.807, 2.05) is 18.2 Å². The van der Waals surface area contributed by atoms with Crippen molar-refractivity contribution in [1.29, 1.82) is 5.26 Å². The highest BCUT2D eigenvalue weighted by molar-refractivity contribution is 6.14. The summed E-state index contributed by atoms with van der Waals surface area (Å²) < 4.78 is 5.10. The smallest absolute Gasteiger partial charge is 0.203 e. The first-order valence-electron chi connectivity index (χ1n) is 8.87. The first-order chi connectivity index (χ1) is 12.7. The van der Waals surface area contributed by atoms with Crippen molar-refractivity contribution >= 4 is 17.5 Å². The van der Waals surface area contributed by atoms with Crippen LogP contribution in [0.3, 0.4) is 0 Å². The van der Waals surface area contributed by atoms with Crippen LogP contribution in [-0.2, 0) is 0 Å². The zero-order chi connectivity index (χ0) is 18.4. The van der Waals surface area contributed by atoms with Crippen LogP contribution in [0, 0.1) is 11.3 Å². The Labute approximate surface area is 154 Å². The Morgan fingerprint density at radius 2 is 1.69 bits per heavy atom. The largest absolute Gasteiger partial charge is 0.497 e. The summed E-state index contributed by atoms with van der Waals surface area (Å²) in [5.41, 5.74) is 2.65. The molecule has 2 aromatic carbocycles. The number of carbonyl (C=O) groups excluding carboxylic acids is 1. The molecule has 0 saturated carbocycles. The first-order valence-corrected chi connectivity index (χ1v) is 8.87. The van der Waals surface area contributed by atoms with Crippen LogP contribution in [0.25, 0.3) is 6.08 Å². The molecule has 0 bridgehead atoms. The van der Waals surface area contributed by atoms with E-state index in [-0.39, 0.29) is 11.4 Å². The van der Waals surface area contributed by atoms with Crippen LogP contribution < -0.4 is 9.64 Å². The van der Waals surface area contributed by atoms with Crippen LogP contribution in [0.5, 0.6) is 5.75 Å². The topological polar surface area (TPSA) is 53.3 Å². The van der Waals surface area contributed by atoms with Crippen molar-refractivity contribution in [3.63, 3.8) is 0 Å². The van der Waals surface area contributed by atoms with Gasteiger partial charge in [-0.1, -0.05) is 12.1 Å². The molecule has 1 saturated heterocycles. The van der Waals surface area contributed by atoms with E-state index in [0.29, 0.717) is 11.3 Å². The summed E-state index contributed by atoms with van der Waals surface area (Å²) in [4.78, 5) is 14.9. The maximum Gasteiger partial charge on any atom is 0.203 e. The number of benzene rings is 2. The van der Waals surface area contributed by atoms with Gasteiger partial charge in [-0.05, 0) is 67.3 Å². The number of anilines is 1. The number of hydrogen-bond acceptors (Lipinski definition) is 4.